The lowest BCUT2D eigenvalue weighted by atomic mass is 9.76. The zero-order chi connectivity index (χ0) is 14.5. The lowest BCUT2D eigenvalue weighted by Crippen LogP contribution is -2.25. The largest absolute Gasteiger partial charge is 0.811 e. The summed E-state index contributed by atoms with van der Waals surface area (Å²) in [7, 11) is -4.59. The lowest BCUT2D eigenvalue weighted by molar-refractivity contribution is -0.313. The molecule has 0 aromatic heterocycles. The van der Waals surface area contributed by atoms with Gasteiger partial charge in [-0.25, -0.2) is 0 Å². The van der Waals surface area contributed by atoms with Crippen molar-refractivity contribution in [2.75, 3.05) is 6.16 Å². The summed E-state index contributed by atoms with van der Waals surface area (Å²) in [4.78, 5) is 21.0. The molecule has 1 fully saturated rings. The van der Waals surface area contributed by atoms with Gasteiger partial charge in [0.1, 0.15) is 0 Å². The van der Waals surface area contributed by atoms with Gasteiger partial charge in [0.05, 0.1) is 0 Å². The lowest BCUT2D eigenvalue weighted by Gasteiger charge is -2.33. The van der Waals surface area contributed by atoms with Crippen molar-refractivity contribution in [3.05, 3.63) is 0 Å². The predicted octanol–water partition coefficient (Wildman–Crippen LogP) is 2.83. The third-order valence-corrected chi connectivity index (χ3v) is 4.68. The highest BCUT2D eigenvalue weighted by atomic mass is 31.2. The zero-order valence-electron chi connectivity index (χ0n) is 10.8. The molecule has 1 aliphatic carbocycles. The minimum atomic E-state index is -4.59. The van der Waals surface area contributed by atoms with Gasteiger partial charge in [-0.2, -0.15) is 13.2 Å². The Balaban J connectivity index is 2.51. The van der Waals surface area contributed by atoms with Crippen LogP contribution in [0.1, 0.15) is 51.4 Å². The van der Waals surface area contributed by atoms with E-state index in [1.807, 2.05) is 0 Å². The third-order valence-electron chi connectivity index (χ3n) is 3.82. The highest BCUT2D eigenvalue weighted by molar-refractivity contribution is 7.48. The van der Waals surface area contributed by atoms with Crippen molar-refractivity contribution in [2.45, 2.75) is 57.5 Å². The van der Waals surface area contributed by atoms with Crippen LogP contribution in [0.3, 0.4) is 0 Å². The molecular weight excluding hydrogens is 280 g/mol. The molecule has 1 unspecified atom stereocenters. The van der Waals surface area contributed by atoms with Crippen molar-refractivity contribution in [3.63, 3.8) is 0 Å². The second-order valence-corrected chi connectivity index (χ2v) is 7.12. The summed E-state index contributed by atoms with van der Waals surface area (Å²) in [6.07, 6.45) is -0.873. The monoisotopic (exact) mass is 300 g/mol. The summed E-state index contributed by atoms with van der Waals surface area (Å²) in [6, 6.07) is 0. The van der Waals surface area contributed by atoms with Gasteiger partial charge in [0, 0.05) is 6.42 Å². The highest BCUT2D eigenvalue weighted by Gasteiger charge is 2.35. The van der Waals surface area contributed by atoms with Gasteiger partial charge in [-0.1, -0.05) is 39.7 Å². The number of hydrogen-bond donors (Lipinski definition) is 0. The Morgan fingerprint density at radius 1 is 1.16 bits per heavy atom. The van der Waals surface area contributed by atoms with Crippen LogP contribution in [0.4, 0.5) is 13.2 Å². The molecule has 0 N–H and O–H groups in total. The molecule has 0 radical (unpaired) electrons. The molecule has 7 heteroatoms. The Morgan fingerprint density at radius 2 is 1.74 bits per heavy atom. The standard InChI is InChI=1S/C12H22F3O3P/c13-12(14,15)9-11(7-4-8-19(16,17)18)10-5-2-1-3-6-10/h10-11H,1-9H2,(H2,16,17,18)/p-2. The summed E-state index contributed by atoms with van der Waals surface area (Å²) < 4.78 is 48.2. The maximum atomic E-state index is 12.5. The van der Waals surface area contributed by atoms with Crippen LogP contribution in [-0.2, 0) is 4.57 Å². The summed E-state index contributed by atoms with van der Waals surface area (Å²) in [6.45, 7) is 0. The predicted molar refractivity (Wildman–Crippen MR) is 62.4 cm³/mol. The summed E-state index contributed by atoms with van der Waals surface area (Å²) in [5, 5.41) is 0. The molecule has 1 aliphatic rings. The Morgan fingerprint density at radius 3 is 2.21 bits per heavy atom. The normalized spacial score (nSPS) is 20.5. The van der Waals surface area contributed by atoms with E-state index in [2.05, 4.69) is 0 Å². The maximum absolute atomic E-state index is 12.5. The van der Waals surface area contributed by atoms with Crippen LogP contribution in [0.25, 0.3) is 0 Å². The summed E-state index contributed by atoms with van der Waals surface area (Å²) in [5.74, 6) is -0.514. The Labute approximate surface area is 111 Å². The molecule has 0 aliphatic heterocycles. The van der Waals surface area contributed by atoms with Gasteiger partial charge >= 0.3 is 6.18 Å². The molecule has 0 heterocycles. The molecule has 114 valence electrons. The second-order valence-electron chi connectivity index (χ2n) is 5.45. The molecule has 19 heavy (non-hydrogen) atoms. The summed E-state index contributed by atoms with van der Waals surface area (Å²) >= 11 is 0. The van der Waals surface area contributed by atoms with Gasteiger partial charge in [-0.15, -0.1) is 0 Å². The van der Waals surface area contributed by atoms with Crippen LogP contribution in [-0.4, -0.2) is 12.3 Å². The fourth-order valence-corrected chi connectivity index (χ4v) is 3.52. The van der Waals surface area contributed by atoms with E-state index in [1.165, 1.54) is 0 Å². The fraction of sp³-hybridized carbons (Fsp3) is 1.00. The SMILES string of the molecule is O=P([O-])([O-])CCCC(CC(F)(F)F)C1CCCCC1. The average Bonchev–Trinajstić information content (AvgIpc) is 2.25. The first-order chi connectivity index (χ1) is 8.67. The van der Waals surface area contributed by atoms with Gasteiger partial charge in [0.15, 0.2) is 0 Å². The average molecular weight is 300 g/mol. The maximum Gasteiger partial charge on any atom is 0.389 e. The first-order valence-corrected chi connectivity index (χ1v) is 8.48. The van der Waals surface area contributed by atoms with Crippen molar-refractivity contribution in [2.24, 2.45) is 11.8 Å². The molecule has 0 spiro atoms. The smallest absolute Gasteiger partial charge is 0.389 e. The molecule has 3 nitrogen and oxygen atoms in total. The Kier molecular flexibility index (Phi) is 6.34. The molecule has 0 aromatic rings. The van der Waals surface area contributed by atoms with Gasteiger partial charge in [-0.05, 0) is 30.8 Å². The van der Waals surface area contributed by atoms with Crippen LogP contribution < -0.4 is 9.79 Å². The van der Waals surface area contributed by atoms with Crippen molar-refractivity contribution in [1.29, 1.82) is 0 Å². The molecule has 0 amide bonds. The van der Waals surface area contributed by atoms with E-state index < -0.39 is 32.3 Å². The Hall–Kier alpha value is -0.0600. The first kappa shape index (κ1) is 17.0. The number of hydrogen-bond acceptors (Lipinski definition) is 3. The minimum absolute atomic E-state index is 0.0214. The van der Waals surface area contributed by atoms with Crippen molar-refractivity contribution in [3.8, 4) is 0 Å². The molecule has 0 saturated heterocycles. The van der Waals surface area contributed by atoms with E-state index in [9.17, 15) is 27.5 Å². The number of rotatable bonds is 6. The van der Waals surface area contributed by atoms with Gasteiger partial charge in [0.2, 0.25) is 0 Å². The highest BCUT2D eigenvalue weighted by Crippen LogP contribution is 2.39. The van der Waals surface area contributed by atoms with E-state index in [0.717, 1.165) is 32.1 Å². The van der Waals surface area contributed by atoms with E-state index in [1.54, 1.807) is 0 Å². The topological polar surface area (TPSA) is 63.2 Å². The van der Waals surface area contributed by atoms with Crippen molar-refractivity contribution in [1.82, 2.24) is 0 Å². The third kappa shape index (κ3) is 7.95. The van der Waals surface area contributed by atoms with Crippen LogP contribution in [0.5, 0.6) is 0 Å². The van der Waals surface area contributed by atoms with Crippen LogP contribution in [0.2, 0.25) is 0 Å². The van der Waals surface area contributed by atoms with Gasteiger partial charge in [-0.3, -0.25) is 0 Å². The van der Waals surface area contributed by atoms with Crippen molar-refractivity contribution < 1.29 is 27.5 Å². The van der Waals surface area contributed by atoms with Crippen LogP contribution in [0, 0.1) is 11.8 Å². The van der Waals surface area contributed by atoms with Crippen molar-refractivity contribution >= 4 is 7.60 Å². The minimum Gasteiger partial charge on any atom is -0.811 e. The number of halogens is 3. The second kappa shape index (κ2) is 7.09. The van der Waals surface area contributed by atoms with Gasteiger partial charge in [0.25, 0.3) is 0 Å². The molecule has 1 rings (SSSR count). The molecular formula is C12H20F3O3P-2. The molecule has 0 bridgehead atoms. The summed E-state index contributed by atoms with van der Waals surface area (Å²) in [5.41, 5.74) is 0. The van der Waals surface area contributed by atoms with E-state index in [4.69, 9.17) is 0 Å². The van der Waals surface area contributed by atoms with Crippen LogP contribution >= 0.6 is 7.60 Å². The van der Waals surface area contributed by atoms with E-state index >= 15 is 0 Å². The van der Waals surface area contributed by atoms with Gasteiger partial charge < -0.3 is 14.4 Å². The zero-order valence-corrected chi connectivity index (χ0v) is 11.7. The molecule has 0 aromatic carbocycles. The fourth-order valence-electron chi connectivity index (χ4n) is 2.95. The Bertz CT molecular complexity index is 308. The molecule has 1 saturated carbocycles. The number of alkyl halides is 3. The van der Waals surface area contributed by atoms with Crippen LogP contribution in [0.15, 0.2) is 0 Å². The molecule has 1 atom stereocenters. The van der Waals surface area contributed by atoms with E-state index in [-0.39, 0.29) is 18.8 Å². The first-order valence-electron chi connectivity index (χ1n) is 6.75. The van der Waals surface area contributed by atoms with E-state index in [0.29, 0.717) is 0 Å². The quantitative estimate of drug-likeness (QED) is 0.709.